The number of rotatable bonds is 5. The zero-order chi connectivity index (χ0) is 16.9. The van der Waals surface area contributed by atoms with E-state index in [0.29, 0.717) is 18.1 Å². The maximum absolute atomic E-state index is 6.11. The van der Waals surface area contributed by atoms with Gasteiger partial charge in [-0.15, -0.1) is 5.11 Å². The Morgan fingerprint density at radius 3 is 2.44 bits per heavy atom. The Kier molecular flexibility index (Phi) is 6.08. The van der Waals surface area contributed by atoms with Crippen molar-refractivity contribution < 1.29 is 21.7 Å². The lowest BCUT2D eigenvalue weighted by atomic mass is 10.3. The number of anilines is 1. The molecule has 0 unspecified atom stereocenters. The van der Waals surface area contributed by atoms with Crippen LogP contribution in [-0.4, -0.2) is 16.9 Å². The van der Waals surface area contributed by atoms with Crippen molar-refractivity contribution in [2.24, 2.45) is 17.3 Å². The van der Waals surface area contributed by atoms with Gasteiger partial charge in [0.05, 0.1) is 25.5 Å². The van der Waals surface area contributed by atoms with Crippen LogP contribution in [0.5, 0.6) is 5.75 Å². The maximum Gasteiger partial charge on any atom is 0.168 e. The second kappa shape index (κ2) is 8.25. The van der Waals surface area contributed by atoms with E-state index >= 15 is 0 Å². The molecule has 0 aliphatic heterocycles. The lowest BCUT2D eigenvalue weighted by Gasteiger charge is -2.03. The number of methoxy groups -OCH3 is 1. The molecule has 8 heteroatoms. The summed E-state index contributed by atoms with van der Waals surface area (Å²) in [6.45, 7) is 0.588. The number of azo groups is 1. The van der Waals surface area contributed by atoms with Crippen LogP contribution in [0.4, 0.5) is 17.2 Å². The summed E-state index contributed by atoms with van der Waals surface area (Å²) in [5.41, 5.74) is 8.49. The molecule has 0 amide bonds. The Morgan fingerprint density at radius 2 is 1.80 bits per heavy atom. The third-order valence-corrected chi connectivity index (χ3v) is 3.59. The number of hydrogen-bond acceptors (Lipinski definition) is 5. The number of halogens is 1. The van der Waals surface area contributed by atoms with E-state index < -0.39 is 0 Å². The Balaban J connectivity index is 0.00000225. The number of nitrogens with zero attached hydrogens (tertiary/aromatic N) is 5. The summed E-state index contributed by atoms with van der Waals surface area (Å²) in [6, 6.07) is 11.4. The van der Waals surface area contributed by atoms with Crippen LogP contribution in [0, 0.1) is 0 Å². The molecule has 0 spiro atoms. The first kappa shape index (κ1) is 18.4. The Hall–Kier alpha value is -2.93. The number of hydrogen-bond donors (Lipinski definition) is 1. The predicted molar refractivity (Wildman–Crippen MR) is 90.5 cm³/mol. The standard InChI is InChI=1S/C17H19N6O.ClH/c1-22-9-7-13(8-10-22)12-23-17(18)16(11-19-23)21-20-14-3-5-15(24-2)6-4-14;/h3-11H,12,18H2,1-2H3;1H/q+1;/p-1/b21-20+;. The van der Waals surface area contributed by atoms with E-state index in [0.717, 1.165) is 17.0 Å². The van der Waals surface area contributed by atoms with Crippen molar-refractivity contribution >= 4 is 17.2 Å². The molecule has 0 saturated carbocycles. The minimum Gasteiger partial charge on any atom is -1.00 e. The van der Waals surface area contributed by atoms with Crippen molar-refractivity contribution in [1.29, 1.82) is 0 Å². The van der Waals surface area contributed by atoms with Gasteiger partial charge in [-0.25, -0.2) is 9.25 Å². The first-order chi connectivity index (χ1) is 11.7. The third-order valence-electron chi connectivity index (χ3n) is 3.59. The van der Waals surface area contributed by atoms with Crippen molar-refractivity contribution in [3.63, 3.8) is 0 Å². The third kappa shape index (κ3) is 4.54. The molecule has 0 fully saturated rings. The van der Waals surface area contributed by atoms with Crippen molar-refractivity contribution in [3.05, 3.63) is 60.6 Å². The Labute approximate surface area is 152 Å². The van der Waals surface area contributed by atoms with Crippen LogP contribution in [-0.2, 0) is 13.6 Å². The number of aryl methyl sites for hydroxylation is 1. The van der Waals surface area contributed by atoms with Gasteiger partial charge in [0.25, 0.3) is 0 Å². The quantitative estimate of drug-likeness (QED) is 0.505. The van der Waals surface area contributed by atoms with E-state index in [-0.39, 0.29) is 12.4 Å². The number of benzene rings is 1. The molecule has 3 rings (SSSR count). The molecule has 1 aromatic carbocycles. The lowest BCUT2D eigenvalue weighted by molar-refractivity contribution is -0.671. The molecule has 0 radical (unpaired) electrons. The summed E-state index contributed by atoms with van der Waals surface area (Å²) < 4.78 is 8.79. The molecule has 0 aliphatic rings. The summed E-state index contributed by atoms with van der Waals surface area (Å²) in [5.74, 6) is 1.26. The van der Waals surface area contributed by atoms with Gasteiger partial charge < -0.3 is 22.9 Å². The molecular formula is C17H19ClN6O. The van der Waals surface area contributed by atoms with Gasteiger partial charge in [0.1, 0.15) is 24.3 Å². The van der Waals surface area contributed by atoms with Crippen molar-refractivity contribution in [2.45, 2.75) is 6.54 Å². The topological polar surface area (TPSA) is 81.7 Å². The van der Waals surface area contributed by atoms with Crippen LogP contribution in [0.1, 0.15) is 5.56 Å². The predicted octanol–water partition coefficient (Wildman–Crippen LogP) is -0.234. The molecule has 2 aromatic heterocycles. The maximum atomic E-state index is 6.11. The monoisotopic (exact) mass is 358 g/mol. The fourth-order valence-electron chi connectivity index (χ4n) is 2.16. The van der Waals surface area contributed by atoms with Crippen LogP contribution < -0.4 is 27.4 Å². The smallest absolute Gasteiger partial charge is 0.168 e. The van der Waals surface area contributed by atoms with E-state index in [1.165, 1.54) is 0 Å². The van der Waals surface area contributed by atoms with E-state index in [1.807, 2.05) is 60.4 Å². The number of pyridine rings is 1. The summed E-state index contributed by atoms with van der Waals surface area (Å²) in [7, 11) is 3.60. The number of aromatic nitrogens is 3. The highest BCUT2D eigenvalue weighted by Crippen LogP contribution is 2.25. The summed E-state index contributed by atoms with van der Waals surface area (Å²) in [6.07, 6.45) is 5.59. The average molecular weight is 359 g/mol. The Morgan fingerprint density at radius 1 is 1.12 bits per heavy atom. The van der Waals surface area contributed by atoms with Crippen LogP contribution in [0.3, 0.4) is 0 Å². The summed E-state index contributed by atoms with van der Waals surface area (Å²) >= 11 is 0. The second-order valence-electron chi connectivity index (χ2n) is 5.34. The first-order valence-electron chi connectivity index (χ1n) is 7.47. The van der Waals surface area contributed by atoms with Gasteiger partial charge in [-0.1, -0.05) is 0 Å². The van der Waals surface area contributed by atoms with E-state index in [1.54, 1.807) is 18.0 Å². The van der Waals surface area contributed by atoms with Gasteiger partial charge >= 0.3 is 0 Å². The van der Waals surface area contributed by atoms with Crippen molar-refractivity contribution in [1.82, 2.24) is 9.78 Å². The minimum absolute atomic E-state index is 0. The molecule has 0 saturated heterocycles. The SMILES string of the molecule is COc1ccc(/N=N/c2cnn(Cc3cc[n+](C)cc3)c2N)cc1.[Cl-]. The number of nitrogens with two attached hydrogens (primary N) is 1. The molecule has 3 aromatic rings. The highest BCUT2D eigenvalue weighted by molar-refractivity contribution is 5.56. The number of nitrogen functional groups attached to an aromatic ring is 1. The summed E-state index contributed by atoms with van der Waals surface area (Å²) in [4.78, 5) is 0. The number of ether oxygens (including phenoxy) is 1. The van der Waals surface area contributed by atoms with Crippen LogP contribution in [0.2, 0.25) is 0 Å². The van der Waals surface area contributed by atoms with E-state index in [2.05, 4.69) is 15.3 Å². The van der Waals surface area contributed by atoms with Crippen molar-refractivity contribution in [2.75, 3.05) is 12.8 Å². The molecule has 130 valence electrons. The van der Waals surface area contributed by atoms with Gasteiger partial charge in [0, 0.05) is 12.1 Å². The Bertz CT molecular complexity index is 843. The largest absolute Gasteiger partial charge is 1.00 e. The summed E-state index contributed by atoms with van der Waals surface area (Å²) in [5, 5.41) is 12.6. The molecule has 2 heterocycles. The normalized spacial score (nSPS) is 10.6. The molecule has 7 nitrogen and oxygen atoms in total. The van der Waals surface area contributed by atoms with Gasteiger partial charge in [-0.05, 0) is 29.8 Å². The molecule has 2 N–H and O–H groups in total. The average Bonchev–Trinajstić information content (AvgIpc) is 2.95. The van der Waals surface area contributed by atoms with Gasteiger partial charge in [0.15, 0.2) is 12.4 Å². The van der Waals surface area contributed by atoms with Gasteiger partial charge in [-0.3, -0.25) is 0 Å². The fourth-order valence-corrected chi connectivity index (χ4v) is 2.16. The minimum atomic E-state index is 0. The molecule has 0 atom stereocenters. The van der Waals surface area contributed by atoms with Crippen LogP contribution in [0.15, 0.2) is 65.2 Å². The first-order valence-corrected chi connectivity index (χ1v) is 7.47. The molecule has 0 bridgehead atoms. The van der Waals surface area contributed by atoms with Gasteiger partial charge in [-0.2, -0.15) is 10.2 Å². The highest BCUT2D eigenvalue weighted by Gasteiger charge is 2.08. The van der Waals surface area contributed by atoms with E-state index in [4.69, 9.17) is 10.5 Å². The highest BCUT2D eigenvalue weighted by atomic mass is 35.5. The zero-order valence-corrected chi connectivity index (χ0v) is 14.8. The molecule has 0 aliphatic carbocycles. The van der Waals surface area contributed by atoms with E-state index in [9.17, 15) is 0 Å². The molecular weight excluding hydrogens is 340 g/mol. The van der Waals surface area contributed by atoms with Gasteiger partial charge in [0.2, 0.25) is 0 Å². The fraction of sp³-hybridized carbons (Fsp3) is 0.176. The lowest BCUT2D eigenvalue weighted by Crippen LogP contribution is -3.00. The zero-order valence-electron chi connectivity index (χ0n) is 14.0. The molecule has 25 heavy (non-hydrogen) atoms. The van der Waals surface area contributed by atoms with Crippen LogP contribution in [0.25, 0.3) is 0 Å². The van der Waals surface area contributed by atoms with Crippen molar-refractivity contribution in [3.8, 4) is 5.75 Å². The second-order valence-corrected chi connectivity index (χ2v) is 5.34. The van der Waals surface area contributed by atoms with Crippen LogP contribution >= 0.6 is 0 Å².